The summed E-state index contributed by atoms with van der Waals surface area (Å²) in [4.78, 5) is 12.1. The summed E-state index contributed by atoms with van der Waals surface area (Å²) in [5, 5.41) is 70.0. The van der Waals surface area contributed by atoms with Gasteiger partial charge in [-0.2, -0.15) is 0 Å². The summed E-state index contributed by atoms with van der Waals surface area (Å²) < 4.78 is 21.3. The summed E-state index contributed by atoms with van der Waals surface area (Å²) in [6.07, 6.45) is -3.03. The minimum atomic E-state index is -1.76. The van der Waals surface area contributed by atoms with Crippen LogP contribution in [0.4, 0.5) is 0 Å². The molecule has 0 aromatic carbocycles. The third kappa shape index (κ3) is 10.2. The van der Waals surface area contributed by atoms with Gasteiger partial charge in [-0.05, 0) is 6.42 Å². The molecule has 12 nitrogen and oxygen atoms in total. The fourth-order valence-electron chi connectivity index (χ4n) is 4.66. The van der Waals surface area contributed by atoms with E-state index in [1.807, 2.05) is 0 Å². The summed E-state index contributed by atoms with van der Waals surface area (Å²) in [6, 6.07) is 0. The maximum absolute atomic E-state index is 12.1. The second kappa shape index (κ2) is 17.7. The largest absolute Gasteiger partial charge is 0.463 e. The number of hydrogen-bond acceptors (Lipinski definition) is 12. The van der Waals surface area contributed by atoms with Crippen molar-refractivity contribution in [1.82, 2.24) is 0 Å². The van der Waals surface area contributed by atoms with Crippen LogP contribution in [0.1, 0.15) is 84.0 Å². The Balaban J connectivity index is 1.70. The van der Waals surface area contributed by atoms with E-state index in [-0.39, 0.29) is 6.42 Å². The Kier molecular flexibility index (Phi) is 15.5. The molecule has 2 aliphatic rings. The fourth-order valence-corrected chi connectivity index (χ4v) is 4.66. The molecule has 12 heteroatoms. The van der Waals surface area contributed by atoms with E-state index in [0.717, 1.165) is 19.3 Å². The number of hydrogen-bond donors (Lipinski definition) is 7. The Morgan fingerprint density at radius 2 is 1.08 bits per heavy atom. The Bertz CT molecular complexity index is 650. The molecular formula is C26H48O12. The summed E-state index contributed by atoms with van der Waals surface area (Å²) in [6.45, 7) is 1.12. The molecule has 224 valence electrons. The van der Waals surface area contributed by atoms with E-state index < -0.39 is 80.6 Å². The third-order valence-corrected chi connectivity index (χ3v) is 7.18. The highest BCUT2D eigenvalue weighted by atomic mass is 16.8. The van der Waals surface area contributed by atoms with Gasteiger partial charge in [0.2, 0.25) is 0 Å². The number of carbonyl (C=O) groups is 1. The molecule has 38 heavy (non-hydrogen) atoms. The lowest BCUT2D eigenvalue weighted by molar-refractivity contribution is -0.376. The normalized spacial score (nSPS) is 35.8. The first-order valence-electron chi connectivity index (χ1n) is 14.0. The van der Waals surface area contributed by atoms with Gasteiger partial charge in [0.25, 0.3) is 0 Å². The second-order valence-corrected chi connectivity index (χ2v) is 10.3. The number of aliphatic hydroxyl groups excluding tert-OH is 7. The minimum Gasteiger partial charge on any atom is -0.463 e. The van der Waals surface area contributed by atoms with Crippen LogP contribution in [0.5, 0.6) is 0 Å². The van der Waals surface area contributed by atoms with Gasteiger partial charge >= 0.3 is 5.97 Å². The second-order valence-electron chi connectivity index (χ2n) is 10.3. The average Bonchev–Trinajstić information content (AvgIpc) is 2.91. The van der Waals surface area contributed by atoms with Gasteiger partial charge < -0.3 is 54.7 Å². The third-order valence-electron chi connectivity index (χ3n) is 7.18. The Labute approximate surface area is 224 Å². The zero-order valence-corrected chi connectivity index (χ0v) is 22.3. The number of ether oxygens (including phenoxy) is 4. The Hall–Kier alpha value is -0.930. The zero-order valence-electron chi connectivity index (χ0n) is 22.3. The monoisotopic (exact) mass is 552 g/mol. The first kappa shape index (κ1) is 33.3. The summed E-state index contributed by atoms with van der Waals surface area (Å²) in [5.41, 5.74) is 0. The topological polar surface area (TPSA) is 196 Å². The van der Waals surface area contributed by atoms with Crippen molar-refractivity contribution in [2.75, 3.05) is 13.2 Å². The molecule has 4 unspecified atom stereocenters. The van der Waals surface area contributed by atoms with Crippen molar-refractivity contribution in [3.8, 4) is 0 Å². The molecule has 0 spiro atoms. The van der Waals surface area contributed by atoms with Crippen molar-refractivity contribution >= 4 is 5.97 Å². The van der Waals surface area contributed by atoms with Crippen LogP contribution >= 0.6 is 0 Å². The van der Waals surface area contributed by atoms with E-state index in [1.54, 1.807) is 0 Å². The highest BCUT2D eigenvalue weighted by Crippen LogP contribution is 2.28. The van der Waals surface area contributed by atoms with Gasteiger partial charge in [-0.3, -0.25) is 4.79 Å². The van der Waals surface area contributed by atoms with Crippen LogP contribution < -0.4 is 0 Å². The first-order valence-corrected chi connectivity index (χ1v) is 14.0. The van der Waals surface area contributed by atoms with Crippen molar-refractivity contribution in [1.29, 1.82) is 0 Å². The van der Waals surface area contributed by atoms with Gasteiger partial charge in [0.15, 0.2) is 12.6 Å². The quantitative estimate of drug-likeness (QED) is 0.0933. The maximum atomic E-state index is 12.1. The van der Waals surface area contributed by atoms with Gasteiger partial charge in [0, 0.05) is 6.42 Å². The molecular weight excluding hydrogens is 504 g/mol. The molecule has 0 aromatic heterocycles. The van der Waals surface area contributed by atoms with E-state index in [0.29, 0.717) is 6.42 Å². The highest BCUT2D eigenvalue weighted by molar-refractivity contribution is 5.69. The lowest BCUT2D eigenvalue weighted by Gasteiger charge is -2.44. The van der Waals surface area contributed by atoms with Crippen molar-refractivity contribution in [3.05, 3.63) is 0 Å². The minimum absolute atomic E-state index is 0.204. The van der Waals surface area contributed by atoms with E-state index >= 15 is 0 Å². The Morgan fingerprint density at radius 3 is 1.58 bits per heavy atom. The van der Waals surface area contributed by atoms with Gasteiger partial charge in [0.1, 0.15) is 55.4 Å². The molecule has 2 fully saturated rings. The number of carbonyl (C=O) groups excluding carboxylic acids is 1. The Morgan fingerprint density at radius 1 is 0.632 bits per heavy atom. The lowest BCUT2D eigenvalue weighted by atomic mass is 9.98. The van der Waals surface area contributed by atoms with Crippen molar-refractivity contribution in [2.24, 2.45) is 0 Å². The molecule has 0 bridgehead atoms. The predicted octanol–water partition coefficient (Wildman–Crippen LogP) is -0.145. The highest BCUT2D eigenvalue weighted by Gasteiger charge is 2.49. The summed E-state index contributed by atoms with van der Waals surface area (Å²) >= 11 is 0. The number of esters is 1. The fraction of sp³-hybridized carbons (Fsp3) is 0.962. The van der Waals surface area contributed by atoms with Crippen LogP contribution in [0.25, 0.3) is 0 Å². The van der Waals surface area contributed by atoms with E-state index in [4.69, 9.17) is 18.9 Å². The zero-order chi connectivity index (χ0) is 28.1. The summed E-state index contributed by atoms with van der Waals surface area (Å²) in [7, 11) is 0. The number of aliphatic hydroxyl groups is 7. The van der Waals surface area contributed by atoms with Gasteiger partial charge in [-0.1, -0.05) is 71.1 Å². The molecule has 0 saturated carbocycles. The van der Waals surface area contributed by atoms with Gasteiger partial charge in [-0.25, -0.2) is 0 Å². The molecule has 0 radical (unpaired) electrons. The van der Waals surface area contributed by atoms with Crippen LogP contribution in [0.15, 0.2) is 0 Å². The molecule has 2 heterocycles. The van der Waals surface area contributed by atoms with E-state index in [2.05, 4.69) is 6.92 Å². The SMILES string of the molecule is CCCCCCCCCCCCCC(=O)OCC1O[C@H](O[C@H]2OC(CO)[C@@H](O)C(O)[C@@H]2O)[C@@H](O)C(O)[C@@H]1O. The van der Waals surface area contributed by atoms with Crippen LogP contribution in [0, 0.1) is 0 Å². The van der Waals surface area contributed by atoms with Crippen molar-refractivity contribution < 1.29 is 59.5 Å². The van der Waals surface area contributed by atoms with Crippen molar-refractivity contribution in [2.45, 2.75) is 145 Å². The average molecular weight is 553 g/mol. The lowest BCUT2D eigenvalue weighted by Crippen LogP contribution is -2.63. The molecule has 7 N–H and O–H groups in total. The standard InChI is InChI=1S/C26H48O12/c1-2-3-4-5-6-7-8-9-10-11-12-13-18(28)35-15-17-20(30)22(32)24(34)26(37-17)38-25-23(33)21(31)19(29)16(14-27)36-25/h16-17,19-27,29-34H,2-15H2,1H3/t16?,17?,19-,20-,21?,22?,23+,24+,25-,26-/m1/s1. The van der Waals surface area contributed by atoms with E-state index in [9.17, 15) is 40.5 Å². The van der Waals surface area contributed by atoms with Crippen molar-refractivity contribution in [3.63, 3.8) is 0 Å². The first-order chi connectivity index (χ1) is 18.2. The van der Waals surface area contributed by atoms with Crippen LogP contribution in [0.3, 0.4) is 0 Å². The molecule has 0 aliphatic carbocycles. The predicted molar refractivity (Wildman–Crippen MR) is 134 cm³/mol. The molecule has 0 amide bonds. The van der Waals surface area contributed by atoms with Crippen LogP contribution in [-0.2, 0) is 23.7 Å². The summed E-state index contributed by atoms with van der Waals surface area (Å²) in [5.74, 6) is -0.483. The molecule has 2 aliphatic heterocycles. The number of unbranched alkanes of at least 4 members (excludes halogenated alkanes) is 10. The number of rotatable bonds is 17. The van der Waals surface area contributed by atoms with Crippen LogP contribution in [0.2, 0.25) is 0 Å². The molecule has 2 rings (SSSR count). The molecule has 2 saturated heterocycles. The molecule has 10 atom stereocenters. The van der Waals surface area contributed by atoms with Gasteiger partial charge in [0.05, 0.1) is 6.61 Å². The molecule has 0 aromatic rings. The van der Waals surface area contributed by atoms with Gasteiger partial charge in [-0.15, -0.1) is 0 Å². The maximum Gasteiger partial charge on any atom is 0.305 e. The van der Waals surface area contributed by atoms with Crippen LogP contribution in [-0.4, -0.2) is 116 Å². The van der Waals surface area contributed by atoms with E-state index in [1.165, 1.54) is 44.9 Å². The smallest absolute Gasteiger partial charge is 0.305 e.